The van der Waals surface area contributed by atoms with Crippen LogP contribution in [-0.4, -0.2) is 34.2 Å². The Bertz CT molecular complexity index is 1110. The first-order chi connectivity index (χ1) is 14.4. The van der Waals surface area contributed by atoms with Gasteiger partial charge >= 0.3 is 5.97 Å². The smallest absolute Gasteiger partial charge is 0.330 e. The van der Waals surface area contributed by atoms with E-state index in [0.717, 1.165) is 20.8 Å². The second-order valence-electron chi connectivity index (χ2n) is 6.58. The highest BCUT2D eigenvalue weighted by Crippen LogP contribution is 2.35. The van der Waals surface area contributed by atoms with Gasteiger partial charge in [0.25, 0.3) is 0 Å². The lowest BCUT2D eigenvalue weighted by atomic mass is 10.2. The van der Waals surface area contributed by atoms with Gasteiger partial charge in [-0.05, 0) is 57.0 Å². The third kappa shape index (κ3) is 5.46. The molecule has 0 unspecified atom stereocenters. The van der Waals surface area contributed by atoms with Crippen LogP contribution in [0.4, 0.5) is 5.69 Å². The van der Waals surface area contributed by atoms with E-state index in [1.54, 1.807) is 36.5 Å². The van der Waals surface area contributed by atoms with Gasteiger partial charge < -0.3 is 10.1 Å². The van der Waals surface area contributed by atoms with Gasteiger partial charge in [-0.15, -0.1) is 11.3 Å². The summed E-state index contributed by atoms with van der Waals surface area (Å²) in [6, 6.07) is 7.25. The molecule has 2 aromatic heterocycles. The largest absolute Gasteiger partial charge is 0.463 e. The highest BCUT2D eigenvalue weighted by Gasteiger charge is 2.15. The summed E-state index contributed by atoms with van der Waals surface area (Å²) in [4.78, 5) is 35.0. The lowest BCUT2D eigenvalue weighted by Gasteiger charge is -2.07. The van der Waals surface area contributed by atoms with Gasteiger partial charge in [0.05, 0.1) is 12.4 Å². The number of thioether (sulfide) groups is 1. The maximum atomic E-state index is 12.4. The third-order valence-electron chi connectivity index (χ3n) is 4.34. The minimum atomic E-state index is -0.378. The fraction of sp³-hybridized carbons (Fsp3) is 0.273. The number of aryl methyl sites for hydroxylation is 3. The van der Waals surface area contributed by atoms with E-state index in [4.69, 9.17) is 4.74 Å². The molecule has 0 aliphatic carbocycles. The van der Waals surface area contributed by atoms with Gasteiger partial charge in [-0.2, -0.15) is 0 Å². The molecule has 0 radical (unpaired) electrons. The minimum absolute atomic E-state index is 0.108. The molecule has 0 saturated carbocycles. The number of benzene rings is 1. The van der Waals surface area contributed by atoms with Gasteiger partial charge in [0.1, 0.15) is 15.7 Å². The summed E-state index contributed by atoms with van der Waals surface area (Å²) in [6.07, 6.45) is 3.06. The summed E-state index contributed by atoms with van der Waals surface area (Å²) in [6.45, 7) is 8.11. The molecule has 2 heterocycles. The molecule has 0 spiro atoms. The van der Waals surface area contributed by atoms with Crippen LogP contribution in [0.5, 0.6) is 0 Å². The molecule has 1 N–H and O–H groups in total. The molecule has 0 saturated heterocycles. The summed E-state index contributed by atoms with van der Waals surface area (Å²) in [5.74, 6) is 0.476. The summed E-state index contributed by atoms with van der Waals surface area (Å²) < 4.78 is 4.85. The fourth-order valence-corrected chi connectivity index (χ4v) is 4.85. The van der Waals surface area contributed by atoms with Gasteiger partial charge in [-0.25, -0.2) is 14.8 Å². The highest BCUT2D eigenvalue weighted by molar-refractivity contribution is 8.00. The van der Waals surface area contributed by atoms with E-state index in [1.165, 1.54) is 28.3 Å². The molecule has 1 aromatic carbocycles. The number of fused-ring (bicyclic) bond motifs is 1. The Morgan fingerprint density at radius 3 is 2.60 bits per heavy atom. The molecular formula is C22H23N3O3S2. The Labute approximate surface area is 183 Å². The van der Waals surface area contributed by atoms with E-state index in [2.05, 4.69) is 29.1 Å². The number of ether oxygens (including phenoxy) is 1. The number of aromatic nitrogens is 2. The monoisotopic (exact) mass is 441 g/mol. The fourth-order valence-electron chi connectivity index (χ4n) is 2.78. The van der Waals surface area contributed by atoms with Gasteiger partial charge in [-0.1, -0.05) is 23.9 Å². The van der Waals surface area contributed by atoms with Crippen LogP contribution >= 0.6 is 23.1 Å². The van der Waals surface area contributed by atoms with E-state index in [-0.39, 0.29) is 17.6 Å². The van der Waals surface area contributed by atoms with Crippen LogP contribution in [0, 0.1) is 20.8 Å². The van der Waals surface area contributed by atoms with Crippen molar-refractivity contribution in [3.63, 3.8) is 0 Å². The van der Waals surface area contributed by atoms with Crippen molar-refractivity contribution in [2.75, 3.05) is 17.7 Å². The number of hydrogen-bond acceptors (Lipinski definition) is 7. The molecule has 1 amide bonds. The second kappa shape index (κ2) is 9.86. The number of anilines is 1. The summed E-state index contributed by atoms with van der Waals surface area (Å²) in [5.41, 5.74) is 2.71. The topological polar surface area (TPSA) is 81.2 Å². The van der Waals surface area contributed by atoms with Crippen molar-refractivity contribution in [1.82, 2.24) is 9.97 Å². The lowest BCUT2D eigenvalue weighted by molar-refractivity contribution is -0.137. The number of carbonyl (C=O) groups is 2. The SMILES string of the molecule is CCOC(=O)/C=C/c1ccc(NC(=O)CSc2nc(C)nc3sc(C)c(C)c23)cc1. The Kier molecular flexibility index (Phi) is 7.23. The van der Waals surface area contributed by atoms with Crippen LogP contribution < -0.4 is 5.32 Å². The molecule has 3 rings (SSSR count). The van der Waals surface area contributed by atoms with Crippen molar-refractivity contribution in [1.29, 1.82) is 0 Å². The molecule has 0 aliphatic heterocycles. The van der Waals surface area contributed by atoms with Crippen LogP contribution in [0.15, 0.2) is 35.4 Å². The zero-order valence-electron chi connectivity index (χ0n) is 17.3. The van der Waals surface area contributed by atoms with Crippen LogP contribution in [0.1, 0.15) is 28.8 Å². The molecule has 0 atom stereocenters. The number of hydrogen-bond donors (Lipinski definition) is 1. The Morgan fingerprint density at radius 1 is 1.17 bits per heavy atom. The average Bonchev–Trinajstić information content (AvgIpc) is 2.99. The molecule has 30 heavy (non-hydrogen) atoms. The maximum Gasteiger partial charge on any atom is 0.330 e. The van der Waals surface area contributed by atoms with Crippen LogP contribution in [0.2, 0.25) is 0 Å². The lowest BCUT2D eigenvalue weighted by Crippen LogP contribution is -2.14. The quantitative estimate of drug-likeness (QED) is 0.242. The zero-order valence-corrected chi connectivity index (χ0v) is 18.9. The molecule has 3 aromatic rings. The van der Waals surface area contributed by atoms with E-state index < -0.39 is 0 Å². The predicted octanol–water partition coefficient (Wildman–Crippen LogP) is 4.92. The van der Waals surface area contributed by atoms with Crippen molar-refractivity contribution in [2.24, 2.45) is 0 Å². The van der Waals surface area contributed by atoms with E-state index in [9.17, 15) is 9.59 Å². The third-order valence-corrected chi connectivity index (χ3v) is 6.42. The number of nitrogens with zero attached hydrogens (tertiary/aromatic N) is 2. The van der Waals surface area contributed by atoms with E-state index >= 15 is 0 Å². The standard InChI is InChI=1S/C22H23N3O3S2/c1-5-28-19(27)11-8-16-6-9-17(10-7-16)25-18(26)12-29-21-20-13(2)14(3)30-22(20)24-15(4)23-21/h6-11H,5,12H2,1-4H3,(H,25,26)/b11-8+. The highest BCUT2D eigenvalue weighted by atomic mass is 32.2. The van der Waals surface area contributed by atoms with Crippen molar-refractivity contribution >= 4 is 57.0 Å². The van der Waals surface area contributed by atoms with E-state index in [0.29, 0.717) is 18.1 Å². The Morgan fingerprint density at radius 2 is 1.90 bits per heavy atom. The average molecular weight is 442 g/mol. The normalized spacial score (nSPS) is 11.2. The number of esters is 1. The molecule has 6 nitrogen and oxygen atoms in total. The van der Waals surface area contributed by atoms with Gasteiger partial charge in [-0.3, -0.25) is 4.79 Å². The molecular weight excluding hydrogens is 418 g/mol. The molecule has 156 valence electrons. The Hall–Kier alpha value is -2.71. The van der Waals surface area contributed by atoms with E-state index in [1.807, 2.05) is 19.1 Å². The summed E-state index contributed by atoms with van der Waals surface area (Å²) in [5, 5.41) is 4.77. The van der Waals surface area contributed by atoms with Crippen molar-refractivity contribution in [2.45, 2.75) is 32.7 Å². The van der Waals surface area contributed by atoms with Gasteiger partial charge in [0, 0.05) is 22.0 Å². The van der Waals surface area contributed by atoms with Gasteiger partial charge in [0.15, 0.2) is 0 Å². The minimum Gasteiger partial charge on any atom is -0.463 e. The summed E-state index contributed by atoms with van der Waals surface area (Å²) in [7, 11) is 0. The van der Waals surface area contributed by atoms with Crippen molar-refractivity contribution in [3.8, 4) is 0 Å². The first-order valence-electron chi connectivity index (χ1n) is 9.49. The molecule has 8 heteroatoms. The molecule has 0 aliphatic rings. The van der Waals surface area contributed by atoms with Crippen LogP contribution in [0.3, 0.4) is 0 Å². The maximum absolute atomic E-state index is 12.4. The van der Waals surface area contributed by atoms with Crippen LogP contribution in [-0.2, 0) is 14.3 Å². The number of rotatable bonds is 7. The number of nitrogens with one attached hydrogen (secondary N) is 1. The first-order valence-corrected chi connectivity index (χ1v) is 11.3. The summed E-state index contributed by atoms with van der Waals surface area (Å²) >= 11 is 3.07. The number of carbonyl (C=O) groups excluding carboxylic acids is 2. The predicted molar refractivity (Wildman–Crippen MR) is 123 cm³/mol. The number of amides is 1. The molecule has 0 bridgehead atoms. The van der Waals surface area contributed by atoms with Crippen molar-refractivity contribution in [3.05, 3.63) is 52.2 Å². The van der Waals surface area contributed by atoms with Crippen LogP contribution in [0.25, 0.3) is 16.3 Å². The second-order valence-corrected chi connectivity index (χ2v) is 8.75. The molecule has 0 fully saturated rings. The Balaban J connectivity index is 1.61. The zero-order chi connectivity index (χ0) is 21.7. The van der Waals surface area contributed by atoms with Crippen molar-refractivity contribution < 1.29 is 14.3 Å². The first kappa shape index (κ1) is 22.0. The van der Waals surface area contributed by atoms with Gasteiger partial charge in [0.2, 0.25) is 5.91 Å². The number of thiophene rings is 1.